The molecule has 0 saturated heterocycles. The number of hydrogen-bond acceptors (Lipinski definition) is 4. The minimum absolute atomic E-state index is 0.175. The van der Waals surface area contributed by atoms with Gasteiger partial charge in [-0.25, -0.2) is 0 Å². The summed E-state index contributed by atoms with van der Waals surface area (Å²) in [4.78, 5) is 0. The van der Waals surface area contributed by atoms with E-state index in [1.54, 1.807) is 0 Å². The molecule has 0 amide bonds. The van der Waals surface area contributed by atoms with Crippen molar-refractivity contribution in [1.82, 2.24) is 9.78 Å². The molecule has 1 atom stereocenters. The highest BCUT2D eigenvalue weighted by Gasteiger charge is 2.15. The number of ether oxygens (including phenoxy) is 2. The molecule has 0 radical (unpaired) electrons. The number of aryl methyl sites for hydroxylation is 2. The van der Waals surface area contributed by atoms with Crippen molar-refractivity contribution in [3.05, 3.63) is 35.7 Å². The zero-order valence-corrected chi connectivity index (χ0v) is 12.0. The molecule has 1 aliphatic rings. The van der Waals surface area contributed by atoms with Gasteiger partial charge in [-0.05, 0) is 31.5 Å². The molecule has 1 aliphatic heterocycles. The van der Waals surface area contributed by atoms with Crippen molar-refractivity contribution < 1.29 is 9.47 Å². The molecule has 0 fully saturated rings. The van der Waals surface area contributed by atoms with E-state index < -0.39 is 0 Å². The summed E-state index contributed by atoms with van der Waals surface area (Å²) in [6.07, 6.45) is 1.99. The quantitative estimate of drug-likeness (QED) is 0.934. The van der Waals surface area contributed by atoms with E-state index >= 15 is 0 Å². The predicted octanol–water partition coefficient (Wildman–Crippen LogP) is 2.67. The molecule has 5 nitrogen and oxygen atoms in total. The number of fused-ring (bicyclic) bond motifs is 1. The van der Waals surface area contributed by atoms with Crippen LogP contribution in [0.5, 0.6) is 11.5 Å². The van der Waals surface area contributed by atoms with Gasteiger partial charge in [0.2, 0.25) is 0 Å². The summed E-state index contributed by atoms with van der Waals surface area (Å²) in [7, 11) is 1.92. The van der Waals surface area contributed by atoms with Gasteiger partial charge in [0.15, 0.2) is 11.5 Å². The maximum Gasteiger partial charge on any atom is 0.161 e. The van der Waals surface area contributed by atoms with Gasteiger partial charge in [-0.3, -0.25) is 4.68 Å². The fourth-order valence-corrected chi connectivity index (χ4v) is 2.39. The Kier molecular flexibility index (Phi) is 3.26. The summed E-state index contributed by atoms with van der Waals surface area (Å²) < 4.78 is 13.0. The second kappa shape index (κ2) is 5.07. The Labute approximate surface area is 118 Å². The molecular weight excluding hydrogens is 254 g/mol. The lowest BCUT2D eigenvalue weighted by Crippen LogP contribution is -2.16. The molecule has 20 heavy (non-hydrogen) atoms. The molecule has 3 rings (SSSR count). The number of nitrogens with zero attached hydrogens (tertiary/aromatic N) is 2. The third-order valence-electron chi connectivity index (χ3n) is 3.45. The molecule has 2 heterocycles. The standard InChI is InChI=1S/C15H19N3O2/c1-10(16-13-9-18(3)17-11(13)2)12-4-5-14-15(8-12)20-7-6-19-14/h4-5,8-10,16H,6-7H2,1-3H3. The van der Waals surface area contributed by atoms with Crippen LogP contribution in [0.25, 0.3) is 0 Å². The number of anilines is 1. The Balaban J connectivity index is 1.80. The average Bonchev–Trinajstić information content (AvgIpc) is 2.76. The smallest absolute Gasteiger partial charge is 0.161 e. The molecule has 5 heteroatoms. The molecule has 0 spiro atoms. The molecular formula is C15H19N3O2. The molecule has 0 bridgehead atoms. The predicted molar refractivity (Wildman–Crippen MR) is 77.4 cm³/mol. The van der Waals surface area contributed by atoms with E-state index in [9.17, 15) is 0 Å². The van der Waals surface area contributed by atoms with Gasteiger partial charge in [0.05, 0.1) is 11.4 Å². The first kappa shape index (κ1) is 12.8. The van der Waals surface area contributed by atoms with Crippen molar-refractivity contribution in [2.75, 3.05) is 18.5 Å². The van der Waals surface area contributed by atoms with Crippen molar-refractivity contribution in [1.29, 1.82) is 0 Å². The van der Waals surface area contributed by atoms with Gasteiger partial charge in [-0.2, -0.15) is 5.10 Å². The first-order valence-electron chi connectivity index (χ1n) is 6.80. The van der Waals surface area contributed by atoms with Crippen molar-refractivity contribution >= 4 is 5.69 Å². The van der Waals surface area contributed by atoms with Gasteiger partial charge in [-0.1, -0.05) is 6.07 Å². The Hall–Kier alpha value is -2.17. The van der Waals surface area contributed by atoms with Gasteiger partial charge >= 0.3 is 0 Å². The van der Waals surface area contributed by atoms with E-state index in [-0.39, 0.29) is 6.04 Å². The molecule has 0 saturated carbocycles. The lowest BCUT2D eigenvalue weighted by Gasteiger charge is -2.21. The summed E-state index contributed by atoms with van der Waals surface area (Å²) in [6.45, 7) is 5.35. The normalized spacial score (nSPS) is 14.9. The number of rotatable bonds is 3. The molecule has 2 aromatic rings. The number of benzene rings is 1. The topological polar surface area (TPSA) is 48.3 Å². The Morgan fingerprint density at radius 3 is 2.70 bits per heavy atom. The monoisotopic (exact) mass is 273 g/mol. The van der Waals surface area contributed by atoms with E-state index in [2.05, 4.69) is 23.4 Å². The van der Waals surface area contributed by atoms with Gasteiger partial charge in [0.1, 0.15) is 13.2 Å². The third-order valence-corrected chi connectivity index (χ3v) is 3.45. The van der Waals surface area contributed by atoms with Crippen LogP contribution in [0, 0.1) is 6.92 Å². The summed E-state index contributed by atoms with van der Waals surface area (Å²) in [6, 6.07) is 6.25. The molecule has 1 aromatic carbocycles. The van der Waals surface area contributed by atoms with Gasteiger partial charge in [-0.15, -0.1) is 0 Å². The van der Waals surface area contributed by atoms with Crippen molar-refractivity contribution in [3.8, 4) is 11.5 Å². The fraction of sp³-hybridized carbons (Fsp3) is 0.400. The van der Waals surface area contributed by atoms with E-state index in [1.807, 2.05) is 37.0 Å². The van der Waals surface area contributed by atoms with Crippen molar-refractivity contribution in [3.63, 3.8) is 0 Å². The minimum Gasteiger partial charge on any atom is -0.486 e. The molecule has 106 valence electrons. The van der Waals surface area contributed by atoms with Gasteiger partial charge in [0.25, 0.3) is 0 Å². The van der Waals surface area contributed by atoms with Crippen LogP contribution < -0.4 is 14.8 Å². The highest BCUT2D eigenvalue weighted by atomic mass is 16.6. The summed E-state index contributed by atoms with van der Waals surface area (Å²) >= 11 is 0. The highest BCUT2D eigenvalue weighted by Crippen LogP contribution is 2.33. The van der Waals surface area contributed by atoms with Gasteiger partial charge < -0.3 is 14.8 Å². The van der Waals surface area contributed by atoms with Crippen LogP contribution in [0.4, 0.5) is 5.69 Å². The highest BCUT2D eigenvalue weighted by molar-refractivity contribution is 5.50. The second-order valence-electron chi connectivity index (χ2n) is 5.07. The van der Waals surface area contributed by atoms with Crippen molar-refractivity contribution in [2.45, 2.75) is 19.9 Å². The zero-order chi connectivity index (χ0) is 14.1. The minimum atomic E-state index is 0.175. The Bertz CT molecular complexity index is 622. The number of hydrogen-bond donors (Lipinski definition) is 1. The average molecular weight is 273 g/mol. The lowest BCUT2D eigenvalue weighted by molar-refractivity contribution is 0.171. The van der Waals surface area contributed by atoms with Crippen LogP contribution in [-0.2, 0) is 7.05 Å². The molecule has 1 aromatic heterocycles. The van der Waals surface area contributed by atoms with Crippen LogP contribution in [0.1, 0.15) is 24.2 Å². The van der Waals surface area contributed by atoms with Crippen LogP contribution in [0.15, 0.2) is 24.4 Å². The van der Waals surface area contributed by atoms with Crippen LogP contribution >= 0.6 is 0 Å². The van der Waals surface area contributed by atoms with Crippen LogP contribution in [0.2, 0.25) is 0 Å². The van der Waals surface area contributed by atoms with Crippen LogP contribution in [-0.4, -0.2) is 23.0 Å². The fourth-order valence-electron chi connectivity index (χ4n) is 2.39. The molecule has 1 unspecified atom stereocenters. The van der Waals surface area contributed by atoms with E-state index in [1.165, 1.54) is 0 Å². The van der Waals surface area contributed by atoms with E-state index in [0.717, 1.165) is 28.4 Å². The maximum atomic E-state index is 5.62. The first-order valence-corrected chi connectivity index (χ1v) is 6.80. The van der Waals surface area contributed by atoms with E-state index in [0.29, 0.717) is 13.2 Å². The summed E-state index contributed by atoms with van der Waals surface area (Å²) in [5, 5.41) is 7.81. The SMILES string of the molecule is Cc1nn(C)cc1NC(C)c1ccc2c(c1)OCCO2. The molecule has 1 N–H and O–H groups in total. The Morgan fingerprint density at radius 2 is 2.00 bits per heavy atom. The maximum absolute atomic E-state index is 5.62. The lowest BCUT2D eigenvalue weighted by atomic mass is 10.1. The summed E-state index contributed by atoms with van der Waals surface area (Å²) in [5.41, 5.74) is 3.21. The number of nitrogens with one attached hydrogen (secondary N) is 1. The first-order chi connectivity index (χ1) is 9.63. The Morgan fingerprint density at radius 1 is 1.25 bits per heavy atom. The summed E-state index contributed by atoms with van der Waals surface area (Å²) in [5.74, 6) is 1.65. The zero-order valence-electron chi connectivity index (χ0n) is 12.0. The van der Waals surface area contributed by atoms with Gasteiger partial charge in [0, 0.05) is 19.3 Å². The number of aromatic nitrogens is 2. The largest absolute Gasteiger partial charge is 0.486 e. The van der Waals surface area contributed by atoms with Crippen LogP contribution in [0.3, 0.4) is 0 Å². The van der Waals surface area contributed by atoms with Crippen molar-refractivity contribution in [2.24, 2.45) is 7.05 Å². The molecule has 0 aliphatic carbocycles. The third kappa shape index (κ3) is 2.43. The van der Waals surface area contributed by atoms with E-state index in [4.69, 9.17) is 9.47 Å². The second-order valence-corrected chi connectivity index (χ2v) is 5.07.